The molecule has 0 fully saturated rings. The van der Waals surface area contributed by atoms with Gasteiger partial charge in [-0.15, -0.1) is 0 Å². The number of nitrogens with zero attached hydrogens (tertiary/aromatic N) is 2. The van der Waals surface area contributed by atoms with E-state index in [1.165, 1.54) is 12.4 Å². The summed E-state index contributed by atoms with van der Waals surface area (Å²) in [6, 6.07) is 10.4. The number of rotatable bonds is 5. The SMILES string of the molecule is CCc1ccc(Nc2cc(C)ncn2)cc1NC(=O)c1ccc(F)c(F)c1. The molecule has 138 valence electrons. The zero-order valence-corrected chi connectivity index (χ0v) is 14.9. The average molecular weight is 368 g/mol. The van der Waals surface area contributed by atoms with Crippen LogP contribution in [0.15, 0.2) is 48.8 Å². The van der Waals surface area contributed by atoms with E-state index in [1.807, 2.05) is 26.0 Å². The van der Waals surface area contributed by atoms with Crippen LogP contribution in [0.4, 0.5) is 26.0 Å². The van der Waals surface area contributed by atoms with Gasteiger partial charge in [0.05, 0.1) is 0 Å². The molecule has 2 aromatic carbocycles. The summed E-state index contributed by atoms with van der Waals surface area (Å²) >= 11 is 0. The quantitative estimate of drug-likeness (QED) is 0.689. The van der Waals surface area contributed by atoms with Gasteiger partial charge >= 0.3 is 0 Å². The van der Waals surface area contributed by atoms with Crippen molar-refractivity contribution < 1.29 is 13.6 Å². The van der Waals surface area contributed by atoms with Crippen LogP contribution in [0.3, 0.4) is 0 Å². The molecule has 27 heavy (non-hydrogen) atoms. The molecule has 2 N–H and O–H groups in total. The number of hydrogen-bond acceptors (Lipinski definition) is 4. The lowest BCUT2D eigenvalue weighted by atomic mass is 10.1. The zero-order valence-electron chi connectivity index (χ0n) is 14.9. The Morgan fingerprint density at radius 1 is 1.04 bits per heavy atom. The minimum atomic E-state index is -1.06. The first-order valence-electron chi connectivity index (χ1n) is 8.41. The van der Waals surface area contributed by atoms with Gasteiger partial charge in [0.2, 0.25) is 0 Å². The van der Waals surface area contributed by atoms with Crippen molar-refractivity contribution in [3.05, 3.63) is 77.2 Å². The van der Waals surface area contributed by atoms with E-state index >= 15 is 0 Å². The Hall–Kier alpha value is -3.35. The third-order valence-electron chi connectivity index (χ3n) is 4.00. The first-order chi connectivity index (χ1) is 13.0. The van der Waals surface area contributed by atoms with Gasteiger partial charge in [0.15, 0.2) is 11.6 Å². The normalized spacial score (nSPS) is 10.5. The smallest absolute Gasteiger partial charge is 0.255 e. The van der Waals surface area contributed by atoms with Gasteiger partial charge in [-0.3, -0.25) is 4.79 Å². The van der Waals surface area contributed by atoms with Gasteiger partial charge in [-0.1, -0.05) is 13.0 Å². The summed E-state index contributed by atoms with van der Waals surface area (Å²) in [4.78, 5) is 20.6. The van der Waals surface area contributed by atoms with Gasteiger partial charge in [0.1, 0.15) is 12.1 Å². The second-order valence-corrected chi connectivity index (χ2v) is 5.98. The van der Waals surface area contributed by atoms with Crippen LogP contribution in [0, 0.1) is 18.6 Å². The third kappa shape index (κ3) is 4.44. The highest BCUT2D eigenvalue weighted by Crippen LogP contribution is 2.24. The number of aryl methyl sites for hydroxylation is 2. The Morgan fingerprint density at radius 2 is 1.85 bits per heavy atom. The predicted octanol–water partition coefficient (Wildman–Crippen LogP) is 4.62. The Labute approximate surface area is 155 Å². The van der Waals surface area contributed by atoms with Crippen molar-refractivity contribution in [1.29, 1.82) is 0 Å². The van der Waals surface area contributed by atoms with Crippen LogP contribution < -0.4 is 10.6 Å². The fourth-order valence-corrected chi connectivity index (χ4v) is 2.58. The largest absolute Gasteiger partial charge is 0.340 e. The highest BCUT2D eigenvalue weighted by Gasteiger charge is 2.12. The molecule has 0 bridgehead atoms. The summed E-state index contributed by atoms with van der Waals surface area (Å²) in [7, 11) is 0. The van der Waals surface area contributed by atoms with E-state index in [4.69, 9.17) is 0 Å². The van der Waals surface area contributed by atoms with Crippen molar-refractivity contribution in [1.82, 2.24) is 9.97 Å². The lowest BCUT2D eigenvalue weighted by Gasteiger charge is -2.13. The molecule has 5 nitrogen and oxygen atoms in total. The third-order valence-corrected chi connectivity index (χ3v) is 4.00. The number of carbonyl (C=O) groups excluding carboxylic acids is 1. The molecule has 0 atom stereocenters. The number of halogens is 2. The van der Waals surface area contributed by atoms with E-state index in [1.54, 1.807) is 12.1 Å². The topological polar surface area (TPSA) is 66.9 Å². The summed E-state index contributed by atoms with van der Waals surface area (Å²) in [5.41, 5.74) is 3.09. The number of nitrogens with one attached hydrogen (secondary N) is 2. The van der Waals surface area contributed by atoms with Crippen molar-refractivity contribution in [2.45, 2.75) is 20.3 Å². The van der Waals surface area contributed by atoms with Crippen LogP contribution >= 0.6 is 0 Å². The van der Waals surface area contributed by atoms with Crippen molar-refractivity contribution >= 4 is 23.1 Å². The molecule has 3 aromatic rings. The van der Waals surface area contributed by atoms with Crippen LogP contribution in [0.5, 0.6) is 0 Å². The fourth-order valence-electron chi connectivity index (χ4n) is 2.58. The predicted molar refractivity (Wildman–Crippen MR) is 100 cm³/mol. The summed E-state index contributed by atoms with van der Waals surface area (Å²) in [6.45, 7) is 3.82. The van der Waals surface area contributed by atoms with Gasteiger partial charge in [-0.2, -0.15) is 0 Å². The number of carbonyl (C=O) groups is 1. The van der Waals surface area contributed by atoms with Gasteiger partial charge in [0.25, 0.3) is 5.91 Å². The summed E-state index contributed by atoms with van der Waals surface area (Å²) < 4.78 is 26.5. The van der Waals surface area contributed by atoms with Crippen LogP contribution in [0.25, 0.3) is 0 Å². The minimum Gasteiger partial charge on any atom is -0.340 e. The maximum Gasteiger partial charge on any atom is 0.255 e. The van der Waals surface area contributed by atoms with Crippen LogP contribution in [-0.4, -0.2) is 15.9 Å². The fraction of sp³-hybridized carbons (Fsp3) is 0.150. The maximum atomic E-state index is 13.4. The Morgan fingerprint density at radius 3 is 2.56 bits per heavy atom. The number of hydrogen-bond donors (Lipinski definition) is 2. The Kier molecular flexibility index (Phi) is 5.40. The molecule has 0 spiro atoms. The van der Waals surface area contributed by atoms with Crippen LogP contribution in [0.2, 0.25) is 0 Å². The maximum absolute atomic E-state index is 13.4. The first-order valence-corrected chi connectivity index (χ1v) is 8.41. The number of anilines is 3. The molecule has 1 aromatic heterocycles. The second kappa shape index (κ2) is 7.90. The van der Waals surface area contributed by atoms with Gasteiger partial charge in [0, 0.05) is 28.7 Å². The highest BCUT2D eigenvalue weighted by atomic mass is 19.2. The molecular weight excluding hydrogens is 350 g/mol. The molecular formula is C20H18F2N4O. The molecule has 0 saturated carbocycles. The molecule has 0 saturated heterocycles. The summed E-state index contributed by atoms with van der Waals surface area (Å²) in [6.07, 6.45) is 2.16. The second-order valence-electron chi connectivity index (χ2n) is 5.98. The highest BCUT2D eigenvalue weighted by molar-refractivity contribution is 6.05. The van der Waals surface area contributed by atoms with E-state index in [9.17, 15) is 13.6 Å². The molecule has 1 heterocycles. The van der Waals surface area contributed by atoms with Gasteiger partial charge < -0.3 is 10.6 Å². The number of aromatic nitrogens is 2. The number of benzene rings is 2. The lowest BCUT2D eigenvalue weighted by Crippen LogP contribution is -2.14. The molecule has 3 rings (SSSR count). The molecule has 0 radical (unpaired) electrons. The lowest BCUT2D eigenvalue weighted by molar-refractivity contribution is 0.102. The average Bonchev–Trinajstić information content (AvgIpc) is 2.64. The van der Waals surface area contributed by atoms with Gasteiger partial charge in [-0.25, -0.2) is 18.7 Å². The van der Waals surface area contributed by atoms with Crippen molar-refractivity contribution in [2.24, 2.45) is 0 Å². The first kappa shape index (κ1) is 18.4. The van der Waals surface area contributed by atoms with E-state index in [2.05, 4.69) is 20.6 Å². The minimum absolute atomic E-state index is 0.0424. The van der Waals surface area contributed by atoms with E-state index in [-0.39, 0.29) is 5.56 Å². The molecule has 0 aliphatic rings. The van der Waals surface area contributed by atoms with Crippen molar-refractivity contribution in [3.63, 3.8) is 0 Å². The van der Waals surface area contributed by atoms with E-state index in [0.717, 1.165) is 29.1 Å². The molecule has 1 amide bonds. The molecule has 7 heteroatoms. The Balaban J connectivity index is 1.84. The Bertz CT molecular complexity index is 991. The standard InChI is InChI=1S/C20H18F2N4O/c1-3-13-4-6-15(25-19-8-12(2)23-11-24-19)10-18(13)26-20(27)14-5-7-16(21)17(22)9-14/h4-11H,3H2,1-2H3,(H,26,27)(H,23,24,25). The van der Waals surface area contributed by atoms with Crippen LogP contribution in [-0.2, 0) is 6.42 Å². The molecule has 0 unspecified atom stereocenters. The van der Waals surface area contributed by atoms with Gasteiger partial charge in [-0.05, 0) is 49.2 Å². The molecule has 0 aliphatic carbocycles. The van der Waals surface area contributed by atoms with E-state index in [0.29, 0.717) is 17.9 Å². The van der Waals surface area contributed by atoms with Crippen LogP contribution in [0.1, 0.15) is 28.5 Å². The van der Waals surface area contributed by atoms with Crippen molar-refractivity contribution in [2.75, 3.05) is 10.6 Å². The molecule has 0 aliphatic heterocycles. The number of amides is 1. The monoisotopic (exact) mass is 368 g/mol. The van der Waals surface area contributed by atoms with E-state index < -0.39 is 17.5 Å². The van der Waals surface area contributed by atoms with Crippen molar-refractivity contribution in [3.8, 4) is 0 Å². The summed E-state index contributed by atoms with van der Waals surface area (Å²) in [5, 5.41) is 5.92. The summed E-state index contributed by atoms with van der Waals surface area (Å²) in [5.74, 6) is -1.94. The zero-order chi connectivity index (χ0) is 19.4.